The van der Waals surface area contributed by atoms with Gasteiger partial charge in [-0.2, -0.15) is 0 Å². The first-order valence-corrected chi connectivity index (χ1v) is 6.78. The summed E-state index contributed by atoms with van der Waals surface area (Å²) < 4.78 is 0. The smallest absolute Gasteiger partial charge is 0.327 e. The van der Waals surface area contributed by atoms with Crippen molar-refractivity contribution in [1.29, 1.82) is 0 Å². The van der Waals surface area contributed by atoms with E-state index in [2.05, 4.69) is 4.84 Å². The summed E-state index contributed by atoms with van der Waals surface area (Å²) in [7, 11) is 0. The van der Waals surface area contributed by atoms with Gasteiger partial charge in [0.05, 0.1) is 17.0 Å². The van der Waals surface area contributed by atoms with E-state index in [9.17, 15) is 14.9 Å². The minimum absolute atomic E-state index is 0.000834. The van der Waals surface area contributed by atoms with E-state index in [1.54, 1.807) is 18.9 Å². The Morgan fingerprint density at radius 1 is 1.40 bits per heavy atom. The minimum atomic E-state index is -0.786. The highest BCUT2D eigenvalue weighted by molar-refractivity contribution is 5.71. The number of nitrogens with zero attached hydrogens (tertiary/aromatic N) is 2. The Hall–Kier alpha value is -1.37. The van der Waals surface area contributed by atoms with E-state index < -0.39 is 16.2 Å². The molecule has 1 saturated heterocycles. The van der Waals surface area contributed by atoms with Crippen LogP contribution in [0, 0.1) is 22.0 Å². The van der Waals surface area contributed by atoms with Crippen molar-refractivity contribution in [3.8, 4) is 0 Å². The van der Waals surface area contributed by atoms with Crippen LogP contribution in [0.1, 0.15) is 48.0 Å². The lowest BCUT2D eigenvalue weighted by Gasteiger charge is -2.39. The average Bonchev–Trinajstić information content (AvgIpc) is 2.45. The van der Waals surface area contributed by atoms with Crippen molar-refractivity contribution in [1.82, 2.24) is 5.06 Å². The molecular weight excluding hydrogens is 264 g/mol. The van der Waals surface area contributed by atoms with Gasteiger partial charge in [-0.3, -0.25) is 4.79 Å². The number of hydrogen-bond donors (Lipinski definition) is 0. The first kappa shape index (κ1) is 16.7. The molecule has 1 atom stereocenters. The van der Waals surface area contributed by atoms with Crippen LogP contribution in [-0.2, 0) is 14.5 Å². The maximum Gasteiger partial charge on any atom is 0.327 e. The third kappa shape index (κ3) is 3.39. The molecule has 0 spiro atoms. The highest BCUT2D eigenvalue weighted by atomic mass is 16.9. The molecule has 20 heavy (non-hydrogen) atoms. The van der Waals surface area contributed by atoms with E-state index in [0.29, 0.717) is 6.42 Å². The number of carbonyl (C=O) groups is 1. The zero-order valence-electron chi connectivity index (χ0n) is 13.0. The molecule has 0 saturated carbocycles. The maximum atomic E-state index is 11.8. The molecule has 116 valence electrons. The van der Waals surface area contributed by atoms with Crippen LogP contribution >= 0.6 is 0 Å². The zero-order chi connectivity index (χ0) is 15.7. The van der Waals surface area contributed by atoms with Gasteiger partial charge in [-0.05, 0) is 34.1 Å². The predicted molar refractivity (Wildman–Crippen MR) is 72.0 cm³/mol. The summed E-state index contributed by atoms with van der Waals surface area (Å²) >= 11 is 0. The largest absolute Gasteiger partial charge is 0.367 e. The molecule has 1 heterocycles. The number of hydrogen-bond acceptors (Lipinski definition) is 6. The van der Waals surface area contributed by atoms with Crippen molar-refractivity contribution in [2.45, 2.75) is 59.0 Å². The SMILES string of the molecule is CC(C)C(=O)ON1C(C)(C)CC(CO[N+](=O)[O-])C1(C)C. The van der Waals surface area contributed by atoms with Gasteiger partial charge in [0.1, 0.15) is 6.61 Å². The second kappa shape index (κ2) is 5.55. The van der Waals surface area contributed by atoms with E-state index in [1.807, 2.05) is 27.7 Å². The van der Waals surface area contributed by atoms with Gasteiger partial charge in [-0.15, -0.1) is 15.2 Å². The van der Waals surface area contributed by atoms with Gasteiger partial charge in [0, 0.05) is 5.92 Å². The Bertz CT molecular complexity index is 392. The second-order valence-electron chi connectivity index (χ2n) is 6.75. The normalized spacial score (nSPS) is 24.6. The van der Waals surface area contributed by atoms with Crippen LogP contribution < -0.4 is 0 Å². The highest BCUT2D eigenvalue weighted by Gasteiger charge is 2.54. The summed E-state index contributed by atoms with van der Waals surface area (Å²) in [5.41, 5.74) is -0.914. The first-order valence-electron chi connectivity index (χ1n) is 6.78. The molecule has 0 aliphatic carbocycles. The van der Waals surface area contributed by atoms with Gasteiger partial charge < -0.3 is 9.68 Å². The van der Waals surface area contributed by atoms with E-state index >= 15 is 0 Å². The highest BCUT2D eigenvalue weighted by Crippen LogP contribution is 2.45. The fraction of sp³-hybridized carbons (Fsp3) is 0.923. The molecule has 0 aromatic heterocycles. The first-order chi connectivity index (χ1) is 8.98. The van der Waals surface area contributed by atoms with Gasteiger partial charge in [0.2, 0.25) is 0 Å². The van der Waals surface area contributed by atoms with Gasteiger partial charge in [-0.25, -0.2) is 0 Å². The standard InChI is InChI=1S/C13H24N2O5/c1-9(2)11(16)20-14-12(3,4)7-10(13(14,5)6)8-19-15(17)18/h9-10H,7-8H2,1-6H3. The van der Waals surface area contributed by atoms with Crippen molar-refractivity contribution in [2.24, 2.45) is 11.8 Å². The Kier molecular flexibility index (Phi) is 4.63. The third-order valence-corrected chi connectivity index (χ3v) is 3.85. The van der Waals surface area contributed by atoms with Crippen molar-refractivity contribution in [2.75, 3.05) is 6.61 Å². The third-order valence-electron chi connectivity index (χ3n) is 3.85. The minimum Gasteiger partial charge on any atom is -0.367 e. The molecule has 7 heteroatoms. The second-order valence-corrected chi connectivity index (χ2v) is 6.75. The van der Waals surface area contributed by atoms with Crippen LogP contribution in [0.4, 0.5) is 0 Å². The van der Waals surface area contributed by atoms with Gasteiger partial charge in [0.25, 0.3) is 5.09 Å². The topological polar surface area (TPSA) is 81.9 Å². The predicted octanol–water partition coefficient (Wildman–Crippen LogP) is 2.19. The summed E-state index contributed by atoms with van der Waals surface area (Å²) in [6.45, 7) is 11.3. The number of rotatable bonds is 5. The van der Waals surface area contributed by atoms with Crippen molar-refractivity contribution in [3.63, 3.8) is 0 Å². The van der Waals surface area contributed by atoms with Crippen LogP contribution in [0.5, 0.6) is 0 Å². The summed E-state index contributed by atoms with van der Waals surface area (Å²) in [5.74, 6) is -0.625. The van der Waals surface area contributed by atoms with Crippen LogP contribution in [-0.4, -0.2) is 33.8 Å². The van der Waals surface area contributed by atoms with Gasteiger partial charge in [0.15, 0.2) is 0 Å². The van der Waals surface area contributed by atoms with E-state index in [-0.39, 0.29) is 24.4 Å². The Balaban J connectivity index is 2.87. The molecule has 1 aliphatic rings. The van der Waals surface area contributed by atoms with E-state index in [1.165, 1.54) is 0 Å². The van der Waals surface area contributed by atoms with E-state index in [4.69, 9.17) is 4.84 Å². The summed E-state index contributed by atoms with van der Waals surface area (Å²) in [5, 5.41) is 11.2. The van der Waals surface area contributed by atoms with E-state index in [0.717, 1.165) is 0 Å². The maximum absolute atomic E-state index is 11.8. The van der Waals surface area contributed by atoms with Crippen LogP contribution in [0.25, 0.3) is 0 Å². The van der Waals surface area contributed by atoms with Crippen molar-refractivity contribution < 1.29 is 19.6 Å². The molecule has 0 bridgehead atoms. The van der Waals surface area contributed by atoms with Crippen molar-refractivity contribution >= 4 is 5.97 Å². The quantitative estimate of drug-likeness (QED) is 0.569. The lowest BCUT2D eigenvalue weighted by Crippen LogP contribution is -2.51. The Morgan fingerprint density at radius 3 is 2.40 bits per heavy atom. The fourth-order valence-electron chi connectivity index (χ4n) is 2.73. The lowest BCUT2D eigenvalue weighted by molar-refractivity contribution is -0.759. The van der Waals surface area contributed by atoms with Crippen molar-refractivity contribution in [3.05, 3.63) is 10.1 Å². The molecular formula is C13H24N2O5. The molecule has 1 aliphatic heterocycles. The molecule has 1 unspecified atom stereocenters. The zero-order valence-corrected chi connectivity index (χ0v) is 13.0. The summed E-state index contributed by atoms with van der Waals surface area (Å²) in [6.07, 6.45) is 0.652. The van der Waals surface area contributed by atoms with Crippen LogP contribution in [0.15, 0.2) is 0 Å². The van der Waals surface area contributed by atoms with Gasteiger partial charge in [-0.1, -0.05) is 13.8 Å². The summed E-state index contributed by atoms with van der Waals surface area (Å²) in [4.78, 5) is 32.2. The van der Waals surface area contributed by atoms with Gasteiger partial charge >= 0.3 is 5.97 Å². The van der Waals surface area contributed by atoms with Crippen LogP contribution in [0.2, 0.25) is 0 Å². The molecule has 1 fully saturated rings. The molecule has 0 amide bonds. The monoisotopic (exact) mass is 288 g/mol. The molecule has 7 nitrogen and oxygen atoms in total. The van der Waals surface area contributed by atoms with Crippen LogP contribution in [0.3, 0.4) is 0 Å². The number of carbonyl (C=O) groups excluding carboxylic acids is 1. The molecule has 0 radical (unpaired) electrons. The Labute approximate surface area is 119 Å². The Morgan fingerprint density at radius 2 is 1.95 bits per heavy atom. The molecule has 0 N–H and O–H groups in total. The molecule has 0 aromatic rings. The molecule has 0 aromatic carbocycles. The fourth-order valence-corrected chi connectivity index (χ4v) is 2.73. The number of hydroxylamine groups is 2. The average molecular weight is 288 g/mol. The lowest BCUT2D eigenvalue weighted by atomic mass is 9.88. The summed E-state index contributed by atoms with van der Waals surface area (Å²) in [6, 6.07) is 0. The molecule has 1 rings (SSSR count).